The number of likely N-dealkylation sites (tertiary alicyclic amines) is 1. The fourth-order valence-electron chi connectivity index (χ4n) is 2.91. The average Bonchev–Trinajstić information content (AvgIpc) is 2.78. The number of methoxy groups -OCH3 is 1. The lowest BCUT2D eigenvalue weighted by Crippen LogP contribution is -2.40. The highest BCUT2D eigenvalue weighted by Gasteiger charge is 2.35. The van der Waals surface area contributed by atoms with Gasteiger partial charge in [0.2, 0.25) is 0 Å². The van der Waals surface area contributed by atoms with Gasteiger partial charge < -0.3 is 15.4 Å². The SMILES string of the molecule is CCC1CCC(C)N1C(=O)c1c(N)cccc1OC. The Morgan fingerprint density at radius 1 is 1.47 bits per heavy atom. The van der Waals surface area contributed by atoms with Crippen molar-refractivity contribution < 1.29 is 9.53 Å². The molecule has 1 aromatic carbocycles. The van der Waals surface area contributed by atoms with Crippen LogP contribution in [0.3, 0.4) is 0 Å². The number of hydrogen-bond acceptors (Lipinski definition) is 3. The second-order valence-electron chi connectivity index (χ2n) is 5.13. The van der Waals surface area contributed by atoms with Crippen LogP contribution in [0, 0.1) is 0 Å². The van der Waals surface area contributed by atoms with E-state index in [2.05, 4.69) is 13.8 Å². The van der Waals surface area contributed by atoms with Crippen LogP contribution in [-0.4, -0.2) is 30.0 Å². The summed E-state index contributed by atoms with van der Waals surface area (Å²) in [5, 5.41) is 0. The molecule has 1 heterocycles. The summed E-state index contributed by atoms with van der Waals surface area (Å²) in [6, 6.07) is 5.91. The number of anilines is 1. The zero-order chi connectivity index (χ0) is 14.0. The molecule has 2 rings (SSSR count). The van der Waals surface area contributed by atoms with Crippen LogP contribution < -0.4 is 10.5 Å². The van der Waals surface area contributed by atoms with E-state index in [4.69, 9.17) is 10.5 Å². The smallest absolute Gasteiger partial charge is 0.260 e. The maximum atomic E-state index is 12.8. The van der Waals surface area contributed by atoms with Gasteiger partial charge in [-0.15, -0.1) is 0 Å². The minimum atomic E-state index is -0.00759. The summed E-state index contributed by atoms with van der Waals surface area (Å²) < 4.78 is 5.28. The van der Waals surface area contributed by atoms with Gasteiger partial charge in [-0.25, -0.2) is 0 Å². The molecule has 0 saturated carbocycles. The van der Waals surface area contributed by atoms with Crippen LogP contribution in [0.4, 0.5) is 5.69 Å². The Balaban J connectivity index is 2.39. The number of nitrogens with two attached hydrogens (primary N) is 1. The first-order chi connectivity index (χ1) is 9.10. The molecule has 1 aliphatic rings. The second-order valence-corrected chi connectivity index (χ2v) is 5.13. The normalized spacial score (nSPS) is 22.6. The highest BCUT2D eigenvalue weighted by molar-refractivity contribution is 6.02. The van der Waals surface area contributed by atoms with Gasteiger partial charge in [0.25, 0.3) is 5.91 Å². The number of carbonyl (C=O) groups excluding carboxylic acids is 1. The molecule has 1 saturated heterocycles. The number of nitrogens with zero attached hydrogens (tertiary/aromatic N) is 1. The van der Waals surface area contributed by atoms with E-state index in [0.717, 1.165) is 19.3 Å². The Morgan fingerprint density at radius 3 is 2.84 bits per heavy atom. The number of nitrogen functional groups attached to an aromatic ring is 1. The van der Waals surface area contributed by atoms with Gasteiger partial charge in [-0.05, 0) is 38.3 Å². The fraction of sp³-hybridized carbons (Fsp3) is 0.533. The number of carbonyl (C=O) groups is 1. The van der Waals surface area contributed by atoms with Crippen molar-refractivity contribution in [3.63, 3.8) is 0 Å². The molecule has 4 nitrogen and oxygen atoms in total. The van der Waals surface area contributed by atoms with Gasteiger partial charge >= 0.3 is 0 Å². The molecule has 19 heavy (non-hydrogen) atoms. The van der Waals surface area contributed by atoms with Gasteiger partial charge in [-0.1, -0.05) is 13.0 Å². The third kappa shape index (κ3) is 2.39. The van der Waals surface area contributed by atoms with E-state index in [0.29, 0.717) is 23.0 Å². The van der Waals surface area contributed by atoms with Crippen molar-refractivity contribution >= 4 is 11.6 Å². The number of ether oxygens (including phenoxy) is 1. The highest BCUT2D eigenvalue weighted by Crippen LogP contribution is 2.32. The molecule has 2 N–H and O–H groups in total. The predicted molar refractivity (Wildman–Crippen MR) is 76.4 cm³/mol. The molecule has 2 atom stereocenters. The molecule has 0 bridgehead atoms. The Bertz CT molecular complexity index is 473. The van der Waals surface area contributed by atoms with Gasteiger partial charge in [0.15, 0.2) is 0 Å². The summed E-state index contributed by atoms with van der Waals surface area (Å²) >= 11 is 0. The Hall–Kier alpha value is -1.71. The molecular formula is C15H22N2O2. The maximum Gasteiger partial charge on any atom is 0.260 e. The molecule has 1 aromatic rings. The van der Waals surface area contributed by atoms with Crippen LogP contribution in [0.5, 0.6) is 5.75 Å². The number of amides is 1. The second kappa shape index (κ2) is 5.51. The lowest BCUT2D eigenvalue weighted by Gasteiger charge is -2.29. The van der Waals surface area contributed by atoms with Crippen molar-refractivity contribution in [1.82, 2.24) is 4.90 Å². The quantitative estimate of drug-likeness (QED) is 0.852. The van der Waals surface area contributed by atoms with E-state index in [1.54, 1.807) is 25.3 Å². The van der Waals surface area contributed by atoms with Gasteiger partial charge in [0, 0.05) is 17.8 Å². The molecule has 1 fully saturated rings. The molecule has 1 amide bonds. The first-order valence-electron chi connectivity index (χ1n) is 6.85. The summed E-state index contributed by atoms with van der Waals surface area (Å²) in [5.74, 6) is 0.547. The van der Waals surface area contributed by atoms with Crippen LogP contribution >= 0.6 is 0 Å². The van der Waals surface area contributed by atoms with Crippen molar-refractivity contribution in [1.29, 1.82) is 0 Å². The van der Waals surface area contributed by atoms with Crippen molar-refractivity contribution in [2.45, 2.75) is 45.2 Å². The van der Waals surface area contributed by atoms with E-state index in [-0.39, 0.29) is 11.9 Å². The average molecular weight is 262 g/mol. The molecule has 1 aliphatic heterocycles. The molecule has 0 aromatic heterocycles. The topological polar surface area (TPSA) is 55.6 Å². The van der Waals surface area contributed by atoms with Crippen LogP contribution in [0.15, 0.2) is 18.2 Å². The summed E-state index contributed by atoms with van der Waals surface area (Å²) in [4.78, 5) is 14.8. The standard InChI is InChI=1S/C15H22N2O2/c1-4-11-9-8-10(2)17(11)15(18)14-12(16)6-5-7-13(14)19-3/h5-7,10-11H,4,8-9,16H2,1-3H3. The summed E-state index contributed by atoms with van der Waals surface area (Å²) in [6.07, 6.45) is 3.10. The van der Waals surface area contributed by atoms with Crippen molar-refractivity contribution in [2.24, 2.45) is 0 Å². The minimum absolute atomic E-state index is 0.00759. The zero-order valence-electron chi connectivity index (χ0n) is 11.8. The molecule has 4 heteroatoms. The van der Waals surface area contributed by atoms with E-state index in [1.165, 1.54) is 0 Å². The van der Waals surface area contributed by atoms with Gasteiger partial charge in [0.05, 0.1) is 7.11 Å². The zero-order valence-corrected chi connectivity index (χ0v) is 11.8. The first-order valence-corrected chi connectivity index (χ1v) is 6.85. The third-order valence-electron chi connectivity index (χ3n) is 3.98. The van der Waals surface area contributed by atoms with E-state index in [1.807, 2.05) is 4.90 Å². The van der Waals surface area contributed by atoms with Gasteiger partial charge in [-0.2, -0.15) is 0 Å². The van der Waals surface area contributed by atoms with Gasteiger partial charge in [0.1, 0.15) is 11.3 Å². The summed E-state index contributed by atoms with van der Waals surface area (Å²) in [5.41, 5.74) is 6.95. The third-order valence-corrected chi connectivity index (χ3v) is 3.98. The fourth-order valence-corrected chi connectivity index (χ4v) is 2.91. The Labute approximate surface area is 114 Å². The summed E-state index contributed by atoms with van der Waals surface area (Å²) in [7, 11) is 1.57. The largest absolute Gasteiger partial charge is 0.496 e. The van der Waals surface area contributed by atoms with Crippen LogP contribution in [0.25, 0.3) is 0 Å². The van der Waals surface area contributed by atoms with E-state index in [9.17, 15) is 4.79 Å². The molecule has 104 valence electrons. The Kier molecular flexibility index (Phi) is 3.98. The van der Waals surface area contributed by atoms with Crippen LogP contribution in [0.2, 0.25) is 0 Å². The monoisotopic (exact) mass is 262 g/mol. The molecular weight excluding hydrogens is 240 g/mol. The van der Waals surface area contributed by atoms with Gasteiger partial charge in [-0.3, -0.25) is 4.79 Å². The Morgan fingerprint density at radius 2 is 2.21 bits per heavy atom. The van der Waals surface area contributed by atoms with Crippen molar-refractivity contribution in [3.05, 3.63) is 23.8 Å². The van der Waals surface area contributed by atoms with Crippen LogP contribution in [0.1, 0.15) is 43.5 Å². The lowest BCUT2D eigenvalue weighted by molar-refractivity contribution is 0.0674. The van der Waals surface area contributed by atoms with Crippen molar-refractivity contribution in [2.75, 3.05) is 12.8 Å². The molecule has 0 aliphatic carbocycles. The highest BCUT2D eigenvalue weighted by atomic mass is 16.5. The number of rotatable bonds is 3. The summed E-state index contributed by atoms with van der Waals surface area (Å²) in [6.45, 7) is 4.22. The minimum Gasteiger partial charge on any atom is -0.496 e. The molecule has 0 radical (unpaired) electrons. The molecule has 2 unspecified atom stereocenters. The number of hydrogen-bond donors (Lipinski definition) is 1. The first kappa shape index (κ1) is 13.7. The van der Waals surface area contributed by atoms with E-state index < -0.39 is 0 Å². The van der Waals surface area contributed by atoms with Crippen LogP contribution in [-0.2, 0) is 0 Å². The van der Waals surface area contributed by atoms with E-state index >= 15 is 0 Å². The predicted octanol–water partition coefficient (Wildman–Crippen LogP) is 2.68. The van der Waals surface area contributed by atoms with Crippen molar-refractivity contribution in [3.8, 4) is 5.75 Å². The lowest BCUT2D eigenvalue weighted by atomic mass is 10.1. The molecule has 0 spiro atoms. The maximum absolute atomic E-state index is 12.8. The number of benzene rings is 1.